The minimum Gasteiger partial charge on any atom is -0.331 e. The molecule has 5 heteroatoms. The average Bonchev–Trinajstić information content (AvgIpc) is 2.37. The average molecular weight is 274 g/mol. The van der Waals surface area contributed by atoms with E-state index in [1.807, 2.05) is 13.0 Å². The second-order valence-corrected chi connectivity index (χ2v) is 5.63. The first kappa shape index (κ1) is 16.0. The number of carbonyl (C=O) groups is 1. The van der Waals surface area contributed by atoms with Crippen molar-refractivity contribution < 1.29 is 4.79 Å². The third-order valence-corrected chi connectivity index (χ3v) is 2.97. The predicted molar refractivity (Wildman–Crippen MR) is 80.2 cm³/mol. The van der Waals surface area contributed by atoms with Crippen molar-refractivity contribution in [2.75, 3.05) is 11.9 Å². The number of anilines is 1. The molecule has 1 unspecified atom stereocenters. The monoisotopic (exact) mass is 274 g/mol. The Morgan fingerprint density at radius 1 is 1.50 bits per heavy atom. The minimum atomic E-state index is -0.439. The van der Waals surface area contributed by atoms with Crippen LogP contribution >= 0.6 is 0 Å². The van der Waals surface area contributed by atoms with E-state index in [9.17, 15) is 4.79 Å². The van der Waals surface area contributed by atoms with Crippen molar-refractivity contribution in [3.05, 3.63) is 29.8 Å². The summed E-state index contributed by atoms with van der Waals surface area (Å²) in [7, 11) is 0. The van der Waals surface area contributed by atoms with Crippen LogP contribution in [0.25, 0.3) is 0 Å². The molecule has 0 radical (unpaired) electrons. The molecule has 0 aliphatic carbocycles. The molecule has 1 rings (SSSR count). The molecular weight excluding hydrogens is 252 g/mol. The van der Waals surface area contributed by atoms with Crippen LogP contribution in [-0.2, 0) is 0 Å². The zero-order chi connectivity index (χ0) is 15.2. The number of nitrogens with zero attached hydrogens (tertiary/aromatic N) is 1. The summed E-state index contributed by atoms with van der Waals surface area (Å²) in [6, 6.07) is 8.50. The van der Waals surface area contributed by atoms with Crippen molar-refractivity contribution >= 4 is 11.7 Å². The molecule has 1 aromatic carbocycles. The molecule has 4 N–H and O–H groups in total. The van der Waals surface area contributed by atoms with E-state index in [-0.39, 0.29) is 6.03 Å². The van der Waals surface area contributed by atoms with Crippen molar-refractivity contribution in [3.8, 4) is 6.07 Å². The summed E-state index contributed by atoms with van der Waals surface area (Å²) in [4.78, 5) is 12.0. The summed E-state index contributed by atoms with van der Waals surface area (Å²) in [5.74, 6) is 0.436. The fourth-order valence-electron chi connectivity index (χ4n) is 2.19. The highest BCUT2D eigenvalue weighted by Crippen LogP contribution is 2.16. The van der Waals surface area contributed by atoms with E-state index in [1.165, 1.54) is 0 Å². The van der Waals surface area contributed by atoms with Gasteiger partial charge in [-0.1, -0.05) is 19.9 Å². The fraction of sp³-hybridized carbons (Fsp3) is 0.467. The third-order valence-electron chi connectivity index (χ3n) is 2.97. The number of urea groups is 1. The van der Waals surface area contributed by atoms with E-state index in [0.717, 1.165) is 6.42 Å². The maximum atomic E-state index is 12.0. The molecule has 1 atom stereocenters. The van der Waals surface area contributed by atoms with Crippen LogP contribution in [-0.4, -0.2) is 18.1 Å². The van der Waals surface area contributed by atoms with Gasteiger partial charge in [0.05, 0.1) is 17.2 Å². The first-order valence-electron chi connectivity index (χ1n) is 6.68. The minimum absolute atomic E-state index is 0.311. The Bertz CT molecular complexity index is 507. The Morgan fingerprint density at radius 3 is 2.75 bits per heavy atom. The quantitative estimate of drug-likeness (QED) is 0.770. The molecule has 2 amide bonds. The van der Waals surface area contributed by atoms with Gasteiger partial charge in [0.1, 0.15) is 0 Å². The van der Waals surface area contributed by atoms with Crippen LogP contribution in [0.2, 0.25) is 0 Å². The molecule has 0 heterocycles. The molecule has 0 saturated carbocycles. The lowest BCUT2D eigenvalue weighted by Gasteiger charge is -2.31. The summed E-state index contributed by atoms with van der Waals surface area (Å²) in [5, 5.41) is 14.5. The first-order valence-corrected chi connectivity index (χ1v) is 6.68. The smallest absolute Gasteiger partial charge is 0.319 e. The Morgan fingerprint density at radius 2 is 2.20 bits per heavy atom. The number of benzene rings is 1. The number of amides is 2. The summed E-state index contributed by atoms with van der Waals surface area (Å²) in [6.45, 7) is 6.48. The van der Waals surface area contributed by atoms with Crippen LogP contribution in [0, 0.1) is 17.2 Å². The zero-order valence-electron chi connectivity index (χ0n) is 12.2. The number of hydrogen-bond donors (Lipinski definition) is 3. The lowest BCUT2D eigenvalue weighted by atomic mass is 9.91. The largest absolute Gasteiger partial charge is 0.331 e. The lowest BCUT2D eigenvalue weighted by molar-refractivity contribution is 0.233. The van der Waals surface area contributed by atoms with Gasteiger partial charge in [0, 0.05) is 12.2 Å². The molecule has 1 aromatic rings. The van der Waals surface area contributed by atoms with Gasteiger partial charge < -0.3 is 16.4 Å². The van der Waals surface area contributed by atoms with Gasteiger partial charge in [-0.05, 0) is 37.5 Å². The van der Waals surface area contributed by atoms with E-state index in [2.05, 4.69) is 24.5 Å². The lowest BCUT2D eigenvalue weighted by Crippen LogP contribution is -2.53. The maximum Gasteiger partial charge on any atom is 0.319 e. The number of hydrogen-bond acceptors (Lipinski definition) is 3. The zero-order valence-corrected chi connectivity index (χ0v) is 12.2. The Balaban J connectivity index is 2.69. The van der Waals surface area contributed by atoms with E-state index >= 15 is 0 Å². The SMILES string of the molecule is CC(C)CC(C)(CN)NC(=O)Nc1cccc(C#N)c1. The second-order valence-electron chi connectivity index (χ2n) is 5.63. The van der Waals surface area contributed by atoms with E-state index in [4.69, 9.17) is 11.0 Å². The van der Waals surface area contributed by atoms with Gasteiger partial charge in [0.15, 0.2) is 0 Å². The highest BCUT2D eigenvalue weighted by molar-refractivity contribution is 5.89. The molecule has 20 heavy (non-hydrogen) atoms. The van der Waals surface area contributed by atoms with E-state index in [0.29, 0.717) is 23.7 Å². The number of rotatable bonds is 5. The number of nitrogens with two attached hydrogens (primary N) is 1. The number of nitriles is 1. The van der Waals surface area contributed by atoms with Crippen molar-refractivity contribution in [2.45, 2.75) is 32.7 Å². The normalized spacial score (nSPS) is 13.4. The summed E-state index contributed by atoms with van der Waals surface area (Å²) in [6.07, 6.45) is 0.801. The predicted octanol–water partition coefficient (Wildman–Crippen LogP) is 2.44. The van der Waals surface area contributed by atoms with Crippen LogP contribution in [0.5, 0.6) is 0 Å². The van der Waals surface area contributed by atoms with Crippen LogP contribution in [0.1, 0.15) is 32.8 Å². The van der Waals surface area contributed by atoms with Crippen LogP contribution in [0.3, 0.4) is 0 Å². The van der Waals surface area contributed by atoms with Crippen molar-refractivity contribution in [2.24, 2.45) is 11.7 Å². The standard InChI is InChI=1S/C15H22N4O/c1-11(2)8-15(3,10-17)19-14(20)18-13-6-4-5-12(7-13)9-16/h4-7,11H,8,10,17H2,1-3H3,(H2,18,19,20). The van der Waals surface area contributed by atoms with Gasteiger partial charge in [-0.3, -0.25) is 0 Å². The Hall–Kier alpha value is -2.06. The number of nitrogens with one attached hydrogen (secondary N) is 2. The summed E-state index contributed by atoms with van der Waals surface area (Å²) in [5.41, 5.74) is 6.41. The molecular formula is C15H22N4O. The molecule has 0 aliphatic heterocycles. The Labute approximate surface area is 120 Å². The molecule has 108 valence electrons. The highest BCUT2D eigenvalue weighted by atomic mass is 16.2. The van der Waals surface area contributed by atoms with E-state index < -0.39 is 5.54 Å². The molecule has 0 aromatic heterocycles. The van der Waals surface area contributed by atoms with Gasteiger partial charge in [-0.15, -0.1) is 0 Å². The third kappa shape index (κ3) is 4.90. The molecule has 0 bridgehead atoms. The van der Waals surface area contributed by atoms with Crippen molar-refractivity contribution in [3.63, 3.8) is 0 Å². The maximum absolute atomic E-state index is 12.0. The summed E-state index contributed by atoms with van der Waals surface area (Å²) < 4.78 is 0. The molecule has 0 aliphatic rings. The van der Waals surface area contributed by atoms with Crippen molar-refractivity contribution in [1.82, 2.24) is 5.32 Å². The van der Waals surface area contributed by atoms with Crippen molar-refractivity contribution in [1.29, 1.82) is 5.26 Å². The van der Waals surface area contributed by atoms with Crippen LogP contribution in [0.15, 0.2) is 24.3 Å². The molecule has 0 spiro atoms. The first-order chi connectivity index (χ1) is 9.38. The van der Waals surface area contributed by atoms with Crippen LogP contribution in [0.4, 0.5) is 10.5 Å². The van der Waals surface area contributed by atoms with Gasteiger partial charge in [-0.25, -0.2) is 4.79 Å². The number of carbonyl (C=O) groups excluding carboxylic acids is 1. The summed E-state index contributed by atoms with van der Waals surface area (Å²) >= 11 is 0. The van der Waals surface area contributed by atoms with Gasteiger partial charge in [0.25, 0.3) is 0 Å². The molecule has 5 nitrogen and oxygen atoms in total. The second kappa shape index (κ2) is 6.92. The Kier molecular flexibility index (Phi) is 5.53. The van der Waals surface area contributed by atoms with Gasteiger partial charge in [0.2, 0.25) is 0 Å². The van der Waals surface area contributed by atoms with E-state index in [1.54, 1.807) is 24.3 Å². The molecule has 0 saturated heterocycles. The fourth-order valence-corrected chi connectivity index (χ4v) is 2.19. The van der Waals surface area contributed by atoms with Crippen LogP contribution < -0.4 is 16.4 Å². The molecule has 0 fully saturated rings. The van der Waals surface area contributed by atoms with Gasteiger partial charge in [-0.2, -0.15) is 5.26 Å². The topological polar surface area (TPSA) is 90.9 Å². The highest BCUT2D eigenvalue weighted by Gasteiger charge is 2.25. The van der Waals surface area contributed by atoms with Gasteiger partial charge >= 0.3 is 6.03 Å².